The van der Waals surface area contributed by atoms with Crippen molar-refractivity contribution in [3.05, 3.63) is 59.2 Å². The molecule has 12 N–H and O–H groups in total. The minimum atomic E-state index is -5.08. The Bertz CT molecular complexity index is 1790. The van der Waals surface area contributed by atoms with Gasteiger partial charge in [-0.3, -0.25) is 24.6 Å². The average molecular weight is 753 g/mol. The molecule has 0 saturated heterocycles. The van der Waals surface area contributed by atoms with Crippen molar-refractivity contribution in [3.63, 3.8) is 0 Å². The lowest BCUT2D eigenvalue weighted by atomic mass is 10.1. The summed E-state index contributed by atoms with van der Waals surface area (Å²) in [5.41, 5.74) is 5.02. The van der Waals surface area contributed by atoms with E-state index in [1.54, 1.807) is 4.72 Å². The van der Waals surface area contributed by atoms with Crippen LogP contribution in [-0.4, -0.2) is 99.9 Å². The number of alkyl halides is 3. The molecule has 2 atom stereocenters. The molecule has 0 heterocycles. The van der Waals surface area contributed by atoms with Gasteiger partial charge in [0.1, 0.15) is 17.8 Å². The van der Waals surface area contributed by atoms with E-state index < -0.39 is 95.1 Å². The molecule has 0 fully saturated rings. The van der Waals surface area contributed by atoms with Gasteiger partial charge in [0.15, 0.2) is 5.96 Å². The van der Waals surface area contributed by atoms with Crippen molar-refractivity contribution in [2.24, 2.45) is 5.73 Å². The van der Waals surface area contributed by atoms with Crippen molar-refractivity contribution in [2.45, 2.75) is 37.6 Å². The summed E-state index contributed by atoms with van der Waals surface area (Å²) >= 11 is 0. The van der Waals surface area contributed by atoms with E-state index in [0.29, 0.717) is 5.69 Å². The molecule has 25 heteroatoms. The van der Waals surface area contributed by atoms with Crippen LogP contribution in [-0.2, 0) is 40.7 Å². The number of nitrogens with one attached hydrogen (secondary N) is 5. The third-order valence-corrected chi connectivity index (χ3v) is 6.71. The second kappa shape index (κ2) is 18.4. The molecule has 2 rings (SSSR count). The fourth-order valence-electron chi connectivity index (χ4n) is 3.36. The van der Waals surface area contributed by atoms with Crippen LogP contribution >= 0.6 is 0 Å². The lowest BCUT2D eigenvalue weighted by Gasteiger charge is -2.17. The molecule has 0 bridgehead atoms. The molecule has 0 aliphatic rings. The maximum atomic E-state index is 13.0. The van der Waals surface area contributed by atoms with Crippen LogP contribution < -0.4 is 30.5 Å². The number of hydrogen-bond acceptors (Lipinski definition) is 11. The lowest BCUT2D eigenvalue weighted by molar-refractivity contribution is -0.192. The summed E-state index contributed by atoms with van der Waals surface area (Å²) in [6.45, 7) is -0.743. The van der Waals surface area contributed by atoms with Crippen LogP contribution in [0, 0.1) is 5.41 Å². The maximum Gasteiger partial charge on any atom is 0.490 e. The van der Waals surface area contributed by atoms with E-state index >= 15 is 0 Å². The van der Waals surface area contributed by atoms with Gasteiger partial charge in [-0.25, -0.2) is 14.4 Å². The molecule has 0 aliphatic carbocycles. The van der Waals surface area contributed by atoms with E-state index in [9.17, 15) is 55.5 Å². The third kappa shape index (κ3) is 15.6. The zero-order valence-electron chi connectivity index (χ0n) is 25.3. The number of esters is 1. The van der Waals surface area contributed by atoms with E-state index in [2.05, 4.69) is 5.32 Å². The summed E-state index contributed by atoms with van der Waals surface area (Å²) in [7, 11) is -4.70. The first-order chi connectivity index (χ1) is 23.4. The number of carbonyl (C=O) groups is 7. The molecule has 51 heavy (non-hydrogen) atoms. The number of hydrogen-bond donors (Lipinski definition) is 11. The molecule has 0 aliphatic heterocycles. The van der Waals surface area contributed by atoms with E-state index in [0.717, 1.165) is 18.2 Å². The smallest absolute Gasteiger partial charge is 0.481 e. The first kappa shape index (κ1) is 42.7. The minimum Gasteiger partial charge on any atom is -0.481 e. The quantitative estimate of drug-likeness (QED) is 0.0439. The number of carboxylic acids is 5. The van der Waals surface area contributed by atoms with E-state index in [1.807, 2.05) is 10.0 Å². The van der Waals surface area contributed by atoms with Crippen LogP contribution in [0.3, 0.4) is 0 Å². The van der Waals surface area contributed by atoms with Crippen molar-refractivity contribution in [3.8, 4) is 5.75 Å². The number of ether oxygens (including phenoxy) is 1. The van der Waals surface area contributed by atoms with Gasteiger partial charge >= 0.3 is 42.0 Å². The predicted octanol–water partition coefficient (Wildman–Crippen LogP) is -0.646. The van der Waals surface area contributed by atoms with Crippen LogP contribution in [0.15, 0.2) is 42.5 Å². The molecular formula is C26H27F3N6O15S. The number of guanidine groups is 1. The molecule has 21 nitrogen and oxygen atoms in total. The number of halogens is 3. The van der Waals surface area contributed by atoms with Gasteiger partial charge in [0.2, 0.25) is 0 Å². The Labute approximate surface area is 282 Å². The Kier molecular flexibility index (Phi) is 15.4. The summed E-state index contributed by atoms with van der Waals surface area (Å²) in [6.07, 6.45) is -7.20. The van der Waals surface area contributed by atoms with Crippen molar-refractivity contribution in [2.75, 3.05) is 5.32 Å². The summed E-state index contributed by atoms with van der Waals surface area (Å²) in [5, 5.41) is 55.0. The van der Waals surface area contributed by atoms with Gasteiger partial charge in [-0.2, -0.15) is 31.0 Å². The zero-order valence-corrected chi connectivity index (χ0v) is 26.1. The monoisotopic (exact) mass is 752 g/mol. The molecule has 0 spiro atoms. The number of amides is 1. The number of nitrogens with two attached hydrogens (primary N) is 1. The molecule has 2 unspecified atom stereocenters. The normalized spacial score (nSPS) is 12.1. The van der Waals surface area contributed by atoms with Crippen LogP contribution in [0.2, 0.25) is 0 Å². The second-order valence-electron chi connectivity index (χ2n) is 9.52. The Morgan fingerprint density at radius 1 is 0.843 bits per heavy atom. The van der Waals surface area contributed by atoms with Crippen LogP contribution in [0.5, 0.6) is 5.75 Å². The fraction of sp³-hybridized carbons (Fsp3) is 0.231. The molecule has 2 aromatic carbocycles. The topological polar surface area (TPSA) is 362 Å². The van der Waals surface area contributed by atoms with Crippen LogP contribution in [0.4, 0.5) is 18.9 Å². The standard InChI is InChI=1S/C24H26N6O13S.C2HF3O2/c25-24(26)28-13-4-1-11(2-5-13)23(40)43-14-6-3-12(10-27-44(41,42)30-17(22(38)39)9-19(33)34)15(7-14)20(35)29-16(21(36)37)8-18(31)32;3-2(4,5)1(6)7/h1-7,16-17,27,30H,8-10H2,(H,29,35)(H,31,32)(H,33,34)(H,36,37)(H,38,39)(H4,25,26,28);(H,6,7). The molecule has 1 amide bonds. The Morgan fingerprint density at radius 3 is 1.80 bits per heavy atom. The number of carbonyl (C=O) groups excluding carboxylic acids is 2. The molecule has 0 radical (unpaired) electrons. The average Bonchev–Trinajstić information content (AvgIpc) is 2.99. The Morgan fingerprint density at radius 2 is 1.35 bits per heavy atom. The number of carboxylic acid groups (broad SMARTS) is 5. The van der Waals surface area contributed by atoms with Gasteiger partial charge in [0, 0.05) is 17.8 Å². The highest BCUT2D eigenvalue weighted by molar-refractivity contribution is 7.87. The Hall–Kier alpha value is -6.34. The van der Waals surface area contributed by atoms with Gasteiger partial charge in [0.25, 0.3) is 16.1 Å². The number of benzene rings is 2. The van der Waals surface area contributed by atoms with Crippen LogP contribution in [0.25, 0.3) is 0 Å². The number of rotatable bonds is 16. The third-order valence-electron chi connectivity index (χ3n) is 5.59. The Balaban J connectivity index is 0.00000167. The molecule has 0 saturated carbocycles. The summed E-state index contributed by atoms with van der Waals surface area (Å²) < 4.78 is 65.4. The van der Waals surface area contributed by atoms with Crippen LogP contribution in [0.1, 0.15) is 39.1 Å². The zero-order chi connectivity index (χ0) is 39.3. The lowest BCUT2D eigenvalue weighted by Crippen LogP contribution is -2.47. The van der Waals surface area contributed by atoms with E-state index in [1.165, 1.54) is 24.3 Å². The molecule has 278 valence electrons. The van der Waals surface area contributed by atoms with Gasteiger partial charge < -0.3 is 46.6 Å². The fourth-order valence-corrected chi connectivity index (χ4v) is 4.35. The number of aliphatic carboxylic acids is 5. The first-order valence-corrected chi connectivity index (χ1v) is 14.7. The van der Waals surface area contributed by atoms with Crippen molar-refractivity contribution < 1.29 is 85.4 Å². The van der Waals surface area contributed by atoms with Gasteiger partial charge in [-0.05, 0) is 42.0 Å². The van der Waals surface area contributed by atoms with Gasteiger partial charge in [-0.15, -0.1) is 0 Å². The molecule has 2 aromatic rings. The number of anilines is 1. The van der Waals surface area contributed by atoms with Gasteiger partial charge in [-0.1, -0.05) is 6.07 Å². The van der Waals surface area contributed by atoms with Crippen molar-refractivity contribution >= 4 is 63.6 Å². The molecule has 0 aromatic heterocycles. The summed E-state index contributed by atoms with van der Waals surface area (Å²) in [5.74, 6) is -12.1. The van der Waals surface area contributed by atoms with Crippen molar-refractivity contribution in [1.29, 1.82) is 5.41 Å². The molecular weight excluding hydrogens is 725 g/mol. The van der Waals surface area contributed by atoms with Gasteiger partial charge in [0.05, 0.1) is 18.4 Å². The highest BCUT2D eigenvalue weighted by atomic mass is 32.2. The maximum absolute atomic E-state index is 13.0. The second-order valence-corrected chi connectivity index (χ2v) is 11.1. The highest BCUT2D eigenvalue weighted by Crippen LogP contribution is 2.21. The minimum absolute atomic E-state index is 0.0229. The SMILES string of the molecule is N=C(N)Nc1ccc(C(=O)Oc2ccc(CNS(=O)(=O)NC(CC(=O)O)C(=O)O)c(C(=O)NC(CC(=O)O)C(=O)O)c2)cc1.O=C(O)C(F)(F)F. The summed E-state index contributed by atoms with van der Waals surface area (Å²) in [6, 6.07) is 4.73. The highest BCUT2D eigenvalue weighted by Gasteiger charge is 2.38. The van der Waals surface area contributed by atoms with E-state index in [4.69, 9.17) is 41.1 Å². The largest absolute Gasteiger partial charge is 0.490 e. The van der Waals surface area contributed by atoms with Crippen molar-refractivity contribution in [1.82, 2.24) is 14.8 Å². The predicted molar refractivity (Wildman–Crippen MR) is 161 cm³/mol. The van der Waals surface area contributed by atoms with E-state index in [-0.39, 0.29) is 22.8 Å². The first-order valence-electron chi connectivity index (χ1n) is 13.2. The summed E-state index contributed by atoms with van der Waals surface area (Å²) in [4.78, 5) is 79.2.